The Morgan fingerprint density at radius 3 is 2.54 bits per heavy atom. The summed E-state index contributed by atoms with van der Waals surface area (Å²) in [4.78, 5) is 25.9. The number of alkyl halides is 1. The third-order valence-corrected chi connectivity index (χ3v) is 4.06. The summed E-state index contributed by atoms with van der Waals surface area (Å²) in [6.45, 7) is 7.58. The lowest BCUT2D eigenvalue weighted by molar-refractivity contribution is -0.117. The van der Waals surface area contributed by atoms with Gasteiger partial charge in [0.05, 0.1) is 5.39 Å². The molecule has 1 heterocycles. The fourth-order valence-corrected chi connectivity index (χ4v) is 3.01. The molecule has 5 nitrogen and oxygen atoms in total. The van der Waals surface area contributed by atoms with Gasteiger partial charge in [0.15, 0.2) is 0 Å². The summed E-state index contributed by atoms with van der Waals surface area (Å²) >= 11 is 9.51. The highest BCUT2D eigenvalue weighted by molar-refractivity contribution is 9.09. The summed E-state index contributed by atoms with van der Waals surface area (Å²) in [5.74, 6) is -0.116. The largest absolute Gasteiger partial charge is 0.463 e. The van der Waals surface area contributed by atoms with E-state index < -0.39 is 11.2 Å². The maximum atomic E-state index is 12.3. The minimum Gasteiger partial charge on any atom is -0.463 e. The van der Waals surface area contributed by atoms with Crippen LogP contribution in [0.2, 0.25) is 5.02 Å². The van der Waals surface area contributed by atoms with Crippen LogP contribution in [0.3, 0.4) is 0 Å². The lowest BCUT2D eigenvalue weighted by Gasteiger charge is -2.35. The van der Waals surface area contributed by atoms with Crippen LogP contribution in [0.25, 0.3) is 10.8 Å². The Balaban J connectivity index is 2.62. The van der Waals surface area contributed by atoms with Gasteiger partial charge < -0.3 is 14.1 Å². The Kier molecular flexibility index (Phi) is 5.60. The number of hydrogen-bond donors (Lipinski definition) is 0. The maximum Gasteiger partial charge on any atom is 0.346 e. The molecule has 0 aliphatic rings. The summed E-state index contributed by atoms with van der Waals surface area (Å²) in [5.41, 5.74) is -0.374. The van der Waals surface area contributed by atoms with E-state index in [1.165, 1.54) is 6.92 Å². The van der Waals surface area contributed by atoms with Gasteiger partial charge in [-0.2, -0.15) is 0 Å². The molecule has 1 aromatic heterocycles. The fraction of sp³-hybridized carbons (Fsp3) is 0.412. The van der Waals surface area contributed by atoms with Crippen molar-refractivity contribution in [1.82, 2.24) is 0 Å². The van der Waals surface area contributed by atoms with Crippen LogP contribution in [-0.4, -0.2) is 23.4 Å². The number of rotatable bonds is 4. The van der Waals surface area contributed by atoms with Crippen molar-refractivity contribution < 1.29 is 13.9 Å². The third-order valence-electron chi connectivity index (χ3n) is 3.38. The van der Waals surface area contributed by atoms with Crippen molar-refractivity contribution in [2.45, 2.75) is 33.2 Å². The van der Waals surface area contributed by atoms with E-state index >= 15 is 0 Å². The molecule has 1 amide bonds. The van der Waals surface area contributed by atoms with Crippen LogP contribution in [0, 0.1) is 0 Å². The van der Waals surface area contributed by atoms with Gasteiger partial charge in [0.25, 0.3) is 0 Å². The number of carbonyl (C=O) groups excluding carboxylic acids is 1. The predicted octanol–water partition coefficient (Wildman–Crippen LogP) is 4.37. The zero-order valence-electron chi connectivity index (χ0n) is 14.0. The van der Waals surface area contributed by atoms with Crippen LogP contribution in [0.15, 0.2) is 27.4 Å². The van der Waals surface area contributed by atoms with Gasteiger partial charge in [-0.3, -0.25) is 4.79 Å². The molecule has 2 rings (SSSR count). The molecule has 24 heavy (non-hydrogen) atoms. The number of nitrogens with zero attached hydrogens (tertiary/aromatic N) is 1. The van der Waals surface area contributed by atoms with E-state index in [0.29, 0.717) is 28.4 Å². The average Bonchev–Trinajstić information content (AvgIpc) is 2.47. The van der Waals surface area contributed by atoms with Gasteiger partial charge in [0.2, 0.25) is 5.91 Å². The first kappa shape index (κ1) is 18.8. The van der Waals surface area contributed by atoms with Crippen molar-refractivity contribution in [2.75, 3.05) is 16.8 Å². The molecule has 0 radical (unpaired) electrons. The second-order valence-corrected chi connectivity index (χ2v) is 7.45. The molecule has 0 saturated carbocycles. The minimum absolute atomic E-state index is 0.000567. The molecule has 0 bridgehead atoms. The Morgan fingerprint density at radius 1 is 1.33 bits per heavy atom. The van der Waals surface area contributed by atoms with Gasteiger partial charge in [-0.1, -0.05) is 33.6 Å². The van der Waals surface area contributed by atoms with E-state index in [4.69, 9.17) is 20.8 Å². The molecule has 0 unspecified atom stereocenters. The second kappa shape index (κ2) is 7.15. The zero-order valence-corrected chi connectivity index (χ0v) is 16.3. The van der Waals surface area contributed by atoms with Crippen LogP contribution >= 0.6 is 27.5 Å². The molecule has 0 atom stereocenters. The van der Waals surface area contributed by atoms with Gasteiger partial charge in [-0.05, 0) is 32.9 Å². The van der Waals surface area contributed by atoms with Crippen molar-refractivity contribution in [1.29, 1.82) is 0 Å². The minimum atomic E-state index is -0.557. The summed E-state index contributed by atoms with van der Waals surface area (Å²) in [6, 6.07) is 5.08. The number of carbonyl (C=O) groups is 1. The van der Waals surface area contributed by atoms with E-state index in [-0.39, 0.29) is 16.9 Å². The fourth-order valence-electron chi connectivity index (χ4n) is 2.59. The molecule has 0 saturated heterocycles. The zero-order chi connectivity index (χ0) is 18.1. The molecule has 0 aliphatic carbocycles. The smallest absolute Gasteiger partial charge is 0.346 e. The van der Waals surface area contributed by atoms with Gasteiger partial charge in [0, 0.05) is 28.9 Å². The lowest BCUT2D eigenvalue weighted by Crippen LogP contribution is -2.44. The molecule has 0 aliphatic heterocycles. The van der Waals surface area contributed by atoms with Crippen molar-refractivity contribution in [3.8, 4) is 5.95 Å². The van der Waals surface area contributed by atoms with Crippen LogP contribution < -0.4 is 15.3 Å². The average molecular weight is 417 g/mol. The predicted molar refractivity (Wildman–Crippen MR) is 99.7 cm³/mol. The number of hydrogen-bond acceptors (Lipinski definition) is 4. The van der Waals surface area contributed by atoms with E-state index in [0.717, 1.165) is 0 Å². The SMILES string of the molecule is CC(=O)N(c1ccc2c(Cl)c(OCCBr)oc(=O)c2c1)C(C)(C)C. The standard InChI is InChI=1S/C17H19BrClNO4/c1-10(21)20(17(2,3)4)11-5-6-12-13(9-11)15(22)24-16(14(12)19)23-8-7-18/h5-6,9H,7-8H2,1-4H3. The Hall–Kier alpha value is -1.53. The van der Waals surface area contributed by atoms with Gasteiger partial charge >= 0.3 is 11.6 Å². The molecule has 2 aromatic rings. The van der Waals surface area contributed by atoms with Crippen molar-refractivity contribution >= 4 is 49.9 Å². The first-order valence-corrected chi connectivity index (χ1v) is 8.92. The van der Waals surface area contributed by atoms with Gasteiger partial charge in [0.1, 0.15) is 11.6 Å². The maximum absolute atomic E-state index is 12.3. The Labute approximate surface area is 153 Å². The molecule has 0 N–H and O–H groups in total. The second-order valence-electron chi connectivity index (χ2n) is 6.28. The van der Waals surface area contributed by atoms with E-state index in [9.17, 15) is 9.59 Å². The summed E-state index contributed by atoms with van der Waals surface area (Å²) in [5, 5.41) is 1.66. The summed E-state index contributed by atoms with van der Waals surface area (Å²) in [7, 11) is 0. The van der Waals surface area contributed by atoms with Crippen LogP contribution in [-0.2, 0) is 4.79 Å². The molecule has 0 fully saturated rings. The first-order valence-electron chi connectivity index (χ1n) is 7.42. The van der Waals surface area contributed by atoms with E-state index in [1.54, 1.807) is 23.1 Å². The highest BCUT2D eigenvalue weighted by Crippen LogP contribution is 2.34. The number of ether oxygens (including phenoxy) is 1. The van der Waals surface area contributed by atoms with Crippen molar-refractivity contribution in [3.63, 3.8) is 0 Å². The number of amides is 1. The highest BCUT2D eigenvalue weighted by Gasteiger charge is 2.26. The number of anilines is 1. The lowest BCUT2D eigenvalue weighted by atomic mass is 10.0. The quantitative estimate of drug-likeness (QED) is 0.694. The van der Waals surface area contributed by atoms with E-state index in [2.05, 4.69) is 15.9 Å². The number of halogens is 2. The molecule has 130 valence electrons. The van der Waals surface area contributed by atoms with Gasteiger partial charge in [-0.15, -0.1) is 0 Å². The molecule has 7 heteroatoms. The third kappa shape index (κ3) is 3.75. The number of benzene rings is 1. The summed E-state index contributed by atoms with van der Waals surface area (Å²) in [6.07, 6.45) is 0. The van der Waals surface area contributed by atoms with Crippen LogP contribution in [0.1, 0.15) is 27.7 Å². The van der Waals surface area contributed by atoms with Crippen LogP contribution in [0.4, 0.5) is 5.69 Å². The van der Waals surface area contributed by atoms with Crippen molar-refractivity contribution in [2.24, 2.45) is 0 Å². The van der Waals surface area contributed by atoms with Crippen molar-refractivity contribution in [3.05, 3.63) is 33.6 Å². The van der Waals surface area contributed by atoms with Crippen LogP contribution in [0.5, 0.6) is 5.95 Å². The highest BCUT2D eigenvalue weighted by atomic mass is 79.9. The molecule has 1 aromatic carbocycles. The summed E-state index contributed by atoms with van der Waals surface area (Å²) < 4.78 is 10.5. The van der Waals surface area contributed by atoms with E-state index in [1.807, 2.05) is 20.8 Å². The van der Waals surface area contributed by atoms with Gasteiger partial charge in [-0.25, -0.2) is 4.79 Å². The topological polar surface area (TPSA) is 59.8 Å². The first-order chi connectivity index (χ1) is 11.2. The molecule has 0 spiro atoms. The normalized spacial score (nSPS) is 11.6. The molecular weight excluding hydrogens is 398 g/mol. The molecular formula is C17H19BrClNO4. The monoisotopic (exact) mass is 415 g/mol. The Bertz CT molecular complexity index is 826. The Morgan fingerprint density at radius 2 is 2.00 bits per heavy atom. The number of fused-ring (bicyclic) bond motifs is 1.